The van der Waals surface area contributed by atoms with Gasteiger partial charge in [0.2, 0.25) is 0 Å². The molecule has 14 heavy (non-hydrogen) atoms. The Morgan fingerprint density at radius 2 is 2.14 bits per heavy atom. The Bertz CT molecular complexity index is 244. The van der Waals surface area contributed by atoms with Crippen molar-refractivity contribution in [3.05, 3.63) is 23.6 Å². The van der Waals surface area contributed by atoms with Crippen LogP contribution in [0.5, 0.6) is 0 Å². The number of methoxy groups -OCH3 is 1. The SMILES string of the molecule is C/C=C(N)\C(=C/CC(=O)OCC)OC. The molecule has 0 aromatic rings. The highest BCUT2D eigenvalue weighted by Crippen LogP contribution is 2.06. The molecule has 0 heterocycles. The van der Waals surface area contributed by atoms with Crippen LogP contribution in [0.15, 0.2) is 23.6 Å². The Labute approximate surface area is 84.4 Å². The first-order valence-corrected chi connectivity index (χ1v) is 4.47. The highest BCUT2D eigenvalue weighted by atomic mass is 16.5. The number of allylic oxidation sites excluding steroid dienone is 1. The monoisotopic (exact) mass is 199 g/mol. The number of carbonyl (C=O) groups excluding carboxylic acids is 1. The van der Waals surface area contributed by atoms with Gasteiger partial charge in [0, 0.05) is 0 Å². The Morgan fingerprint density at radius 3 is 2.57 bits per heavy atom. The molecule has 0 aliphatic heterocycles. The van der Waals surface area contributed by atoms with Crippen LogP contribution in [-0.4, -0.2) is 19.7 Å². The number of nitrogens with two attached hydrogens (primary N) is 1. The number of carbonyl (C=O) groups is 1. The fourth-order valence-corrected chi connectivity index (χ4v) is 0.857. The average Bonchev–Trinajstić information content (AvgIpc) is 2.18. The summed E-state index contributed by atoms with van der Waals surface area (Å²) in [5.41, 5.74) is 6.11. The molecule has 0 amide bonds. The zero-order valence-electron chi connectivity index (χ0n) is 8.87. The Balaban J connectivity index is 4.25. The summed E-state index contributed by atoms with van der Waals surface area (Å²) >= 11 is 0. The fraction of sp³-hybridized carbons (Fsp3) is 0.500. The van der Waals surface area contributed by atoms with Crippen LogP contribution < -0.4 is 5.73 Å². The summed E-state index contributed by atoms with van der Waals surface area (Å²) in [7, 11) is 1.51. The van der Waals surface area contributed by atoms with Crippen LogP contribution in [0.2, 0.25) is 0 Å². The van der Waals surface area contributed by atoms with E-state index in [-0.39, 0.29) is 12.4 Å². The minimum atomic E-state index is -0.286. The van der Waals surface area contributed by atoms with E-state index in [0.717, 1.165) is 0 Å². The smallest absolute Gasteiger partial charge is 0.309 e. The van der Waals surface area contributed by atoms with Gasteiger partial charge in [0.05, 0.1) is 25.8 Å². The van der Waals surface area contributed by atoms with Gasteiger partial charge in [0.1, 0.15) is 5.76 Å². The van der Waals surface area contributed by atoms with E-state index in [1.54, 1.807) is 26.0 Å². The van der Waals surface area contributed by atoms with E-state index < -0.39 is 0 Å². The molecule has 0 fully saturated rings. The quantitative estimate of drug-likeness (QED) is 0.412. The fourth-order valence-electron chi connectivity index (χ4n) is 0.857. The molecule has 0 saturated carbocycles. The summed E-state index contributed by atoms with van der Waals surface area (Å²) in [6, 6.07) is 0. The van der Waals surface area contributed by atoms with Crippen molar-refractivity contribution in [3.8, 4) is 0 Å². The van der Waals surface area contributed by atoms with E-state index in [4.69, 9.17) is 15.2 Å². The van der Waals surface area contributed by atoms with Gasteiger partial charge in [-0.25, -0.2) is 0 Å². The number of rotatable bonds is 5. The minimum absolute atomic E-state index is 0.172. The summed E-state index contributed by atoms with van der Waals surface area (Å²) in [6.45, 7) is 3.94. The second-order valence-corrected chi connectivity index (χ2v) is 2.53. The van der Waals surface area contributed by atoms with Gasteiger partial charge >= 0.3 is 5.97 Å². The second-order valence-electron chi connectivity index (χ2n) is 2.53. The van der Waals surface area contributed by atoms with E-state index >= 15 is 0 Å². The van der Waals surface area contributed by atoms with Gasteiger partial charge in [0.15, 0.2) is 0 Å². The Hall–Kier alpha value is -1.45. The molecule has 0 unspecified atom stereocenters. The predicted molar refractivity (Wildman–Crippen MR) is 54.3 cm³/mol. The van der Waals surface area contributed by atoms with Gasteiger partial charge in [-0.2, -0.15) is 0 Å². The highest BCUT2D eigenvalue weighted by molar-refractivity contribution is 5.71. The van der Waals surface area contributed by atoms with Crippen LogP contribution in [0.3, 0.4) is 0 Å². The molecule has 0 aliphatic rings. The van der Waals surface area contributed by atoms with Gasteiger partial charge in [-0.05, 0) is 19.9 Å². The molecule has 4 heteroatoms. The first-order valence-electron chi connectivity index (χ1n) is 4.47. The zero-order chi connectivity index (χ0) is 11.0. The molecule has 0 spiro atoms. The maximum absolute atomic E-state index is 11.0. The Kier molecular flexibility index (Phi) is 6.28. The maximum Gasteiger partial charge on any atom is 0.309 e. The normalized spacial score (nSPS) is 12.5. The number of ether oxygens (including phenoxy) is 2. The summed E-state index contributed by atoms with van der Waals surface area (Å²) < 4.78 is 9.74. The second kappa shape index (κ2) is 7.00. The zero-order valence-corrected chi connectivity index (χ0v) is 8.87. The van der Waals surface area contributed by atoms with Crippen molar-refractivity contribution >= 4 is 5.97 Å². The van der Waals surface area contributed by atoms with Gasteiger partial charge in [0.25, 0.3) is 0 Å². The standard InChI is InChI=1S/C10H17NO3/c1-4-8(11)9(13-3)6-7-10(12)14-5-2/h4,6H,5,7,11H2,1-3H3/b8-4+,9-6+. The molecule has 0 aliphatic carbocycles. The third-order valence-electron chi connectivity index (χ3n) is 1.57. The first-order chi connectivity index (χ1) is 6.65. The average molecular weight is 199 g/mol. The van der Waals surface area contributed by atoms with Crippen molar-refractivity contribution in [1.82, 2.24) is 0 Å². The van der Waals surface area contributed by atoms with Crippen molar-refractivity contribution in [3.63, 3.8) is 0 Å². The van der Waals surface area contributed by atoms with Crippen LogP contribution in [0.4, 0.5) is 0 Å². The lowest BCUT2D eigenvalue weighted by Crippen LogP contribution is -2.06. The molecule has 0 atom stereocenters. The van der Waals surface area contributed by atoms with Gasteiger partial charge in [-0.1, -0.05) is 6.08 Å². The molecule has 4 nitrogen and oxygen atoms in total. The molecular formula is C10H17NO3. The molecule has 0 rings (SSSR count). The van der Waals surface area contributed by atoms with E-state index in [1.807, 2.05) is 0 Å². The number of hydrogen-bond acceptors (Lipinski definition) is 4. The van der Waals surface area contributed by atoms with E-state index in [9.17, 15) is 4.79 Å². The van der Waals surface area contributed by atoms with Gasteiger partial charge in [-0.15, -0.1) is 0 Å². The molecule has 2 N–H and O–H groups in total. The Morgan fingerprint density at radius 1 is 1.50 bits per heavy atom. The van der Waals surface area contributed by atoms with Crippen molar-refractivity contribution < 1.29 is 14.3 Å². The van der Waals surface area contributed by atoms with Crippen LogP contribution >= 0.6 is 0 Å². The molecular weight excluding hydrogens is 182 g/mol. The van der Waals surface area contributed by atoms with E-state index in [0.29, 0.717) is 18.1 Å². The van der Waals surface area contributed by atoms with Crippen molar-refractivity contribution in [1.29, 1.82) is 0 Å². The van der Waals surface area contributed by atoms with Crippen LogP contribution in [0.1, 0.15) is 20.3 Å². The van der Waals surface area contributed by atoms with Crippen molar-refractivity contribution in [2.24, 2.45) is 5.73 Å². The lowest BCUT2D eigenvalue weighted by Gasteiger charge is -2.05. The van der Waals surface area contributed by atoms with Gasteiger partial charge < -0.3 is 15.2 Å². The van der Waals surface area contributed by atoms with Crippen LogP contribution in [-0.2, 0) is 14.3 Å². The number of hydrogen-bond donors (Lipinski definition) is 1. The van der Waals surface area contributed by atoms with Crippen molar-refractivity contribution in [2.75, 3.05) is 13.7 Å². The van der Waals surface area contributed by atoms with Gasteiger partial charge in [-0.3, -0.25) is 4.79 Å². The topological polar surface area (TPSA) is 61.6 Å². The molecule has 0 saturated heterocycles. The van der Waals surface area contributed by atoms with E-state index in [2.05, 4.69) is 0 Å². The molecule has 0 radical (unpaired) electrons. The first kappa shape index (κ1) is 12.6. The summed E-state index contributed by atoms with van der Waals surface area (Å²) in [5.74, 6) is 0.214. The number of esters is 1. The van der Waals surface area contributed by atoms with Crippen molar-refractivity contribution in [2.45, 2.75) is 20.3 Å². The predicted octanol–water partition coefficient (Wildman–Crippen LogP) is 1.33. The van der Waals surface area contributed by atoms with E-state index in [1.165, 1.54) is 7.11 Å². The highest BCUT2D eigenvalue weighted by Gasteiger charge is 2.02. The summed E-state index contributed by atoms with van der Waals surface area (Å²) in [4.78, 5) is 11.0. The molecule has 80 valence electrons. The molecule has 0 aromatic heterocycles. The van der Waals surface area contributed by atoms with Crippen LogP contribution in [0, 0.1) is 0 Å². The summed E-state index contributed by atoms with van der Waals surface area (Å²) in [6.07, 6.45) is 3.49. The third-order valence-corrected chi connectivity index (χ3v) is 1.57. The lowest BCUT2D eigenvalue weighted by molar-refractivity contribution is -0.142. The minimum Gasteiger partial charge on any atom is -0.495 e. The maximum atomic E-state index is 11.0. The molecule has 0 bridgehead atoms. The lowest BCUT2D eigenvalue weighted by atomic mass is 10.3. The third kappa shape index (κ3) is 4.54. The molecule has 0 aromatic carbocycles. The largest absolute Gasteiger partial charge is 0.495 e. The summed E-state index contributed by atoms with van der Waals surface area (Å²) in [5, 5.41) is 0. The van der Waals surface area contributed by atoms with Crippen LogP contribution in [0.25, 0.3) is 0 Å².